The zero-order valence-electron chi connectivity index (χ0n) is 8.03. The Hall–Kier alpha value is -1.03. The second-order valence-corrected chi connectivity index (χ2v) is 2.79. The van der Waals surface area contributed by atoms with E-state index in [1.807, 2.05) is 13.0 Å². The van der Waals surface area contributed by atoms with Crippen LogP contribution in [0.3, 0.4) is 0 Å². The molecule has 0 saturated heterocycles. The molecule has 0 aromatic heterocycles. The maximum Gasteiger partial charge on any atom is 0.413 e. The van der Waals surface area contributed by atoms with Crippen molar-refractivity contribution in [1.82, 2.24) is 4.90 Å². The van der Waals surface area contributed by atoms with E-state index in [9.17, 15) is 4.79 Å². The van der Waals surface area contributed by atoms with E-state index in [4.69, 9.17) is 4.74 Å². The first kappa shape index (κ1) is 10.1. The van der Waals surface area contributed by atoms with Gasteiger partial charge >= 0.3 is 6.09 Å². The fourth-order valence-electron chi connectivity index (χ4n) is 1.26. The van der Waals surface area contributed by atoms with Crippen LogP contribution in [0.5, 0.6) is 0 Å². The van der Waals surface area contributed by atoms with E-state index >= 15 is 0 Å². The Morgan fingerprint density at radius 3 is 2.92 bits per heavy atom. The Bertz CT molecular complexity index is 203. The van der Waals surface area contributed by atoms with Crippen molar-refractivity contribution >= 4 is 6.09 Å². The quantitative estimate of drug-likeness (QED) is 0.652. The van der Waals surface area contributed by atoms with Gasteiger partial charge in [0.2, 0.25) is 0 Å². The van der Waals surface area contributed by atoms with E-state index in [0.717, 1.165) is 6.42 Å². The van der Waals surface area contributed by atoms with Crippen LogP contribution in [-0.4, -0.2) is 37.4 Å². The second kappa shape index (κ2) is 4.87. The molecular formula is C9H15NO3. The van der Waals surface area contributed by atoms with Crippen LogP contribution in [0.2, 0.25) is 0 Å². The van der Waals surface area contributed by atoms with Crippen molar-refractivity contribution in [3.63, 3.8) is 0 Å². The Kier molecular flexibility index (Phi) is 3.76. The minimum absolute atomic E-state index is 0.144. The molecule has 0 aliphatic carbocycles. The van der Waals surface area contributed by atoms with Gasteiger partial charge < -0.3 is 9.47 Å². The fraction of sp³-hybridized carbons (Fsp3) is 0.667. The highest BCUT2D eigenvalue weighted by molar-refractivity contribution is 5.68. The summed E-state index contributed by atoms with van der Waals surface area (Å²) in [6.45, 7) is 3.32. The standard InChI is InChI=1S/C9H15NO3/c1-3-13-8-4-6-10(7-5-8)9(11)12-2/h4,6,8H,3,5,7H2,1-2H3/t8-/m1/s1. The summed E-state index contributed by atoms with van der Waals surface area (Å²) in [5.74, 6) is 0. The molecule has 1 amide bonds. The number of carbonyl (C=O) groups excluding carboxylic acids is 1. The third-order valence-electron chi connectivity index (χ3n) is 1.93. The SMILES string of the molecule is CCO[C@@H]1C=CN(C(=O)OC)CC1. The lowest BCUT2D eigenvalue weighted by Crippen LogP contribution is -2.32. The topological polar surface area (TPSA) is 38.8 Å². The molecule has 0 aromatic rings. The Labute approximate surface area is 78.1 Å². The molecule has 13 heavy (non-hydrogen) atoms. The van der Waals surface area contributed by atoms with Gasteiger partial charge in [-0.1, -0.05) is 0 Å². The van der Waals surface area contributed by atoms with Crippen LogP contribution in [0.4, 0.5) is 4.79 Å². The van der Waals surface area contributed by atoms with Crippen LogP contribution in [0, 0.1) is 0 Å². The number of nitrogens with zero attached hydrogens (tertiary/aromatic N) is 1. The average Bonchev–Trinajstić information content (AvgIpc) is 2.18. The minimum atomic E-state index is -0.314. The monoisotopic (exact) mass is 185 g/mol. The third-order valence-corrected chi connectivity index (χ3v) is 1.93. The highest BCUT2D eigenvalue weighted by atomic mass is 16.5. The molecule has 0 saturated carbocycles. The van der Waals surface area contributed by atoms with Crippen molar-refractivity contribution in [1.29, 1.82) is 0 Å². The smallest absolute Gasteiger partial charge is 0.413 e. The molecule has 1 rings (SSSR count). The number of methoxy groups -OCH3 is 1. The van der Waals surface area contributed by atoms with Gasteiger partial charge in [-0.3, -0.25) is 4.90 Å². The number of carbonyl (C=O) groups is 1. The second-order valence-electron chi connectivity index (χ2n) is 2.79. The maximum atomic E-state index is 11.0. The van der Waals surface area contributed by atoms with E-state index in [1.54, 1.807) is 6.20 Å². The molecule has 4 nitrogen and oxygen atoms in total. The molecule has 0 bridgehead atoms. The summed E-state index contributed by atoms with van der Waals surface area (Å²) < 4.78 is 9.96. The Morgan fingerprint density at radius 2 is 2.46 bits per heavy atom. The van der Waals surface area contributed by atoms with Crippen molar-refractivity contribution in [3.8, 4) is 0 Å². The number of amides is 1. The molecule has 0 aromatic carbocycles. The summed E-state index contributed by atoms with van der Waals surface area (Å²) in [5, 5.41) is 0. The van der Waals surface area contributed by atoms with Crippen LogP contribution >= 0.6 is 0 Å². The summed E-state index contributed by atoms with van der Waals surface area (Å²) in [5.41, 5.74) is 0. The maximum absolute atomic E-state index is 11.0. The van der Waals surface area contributed by atoms with Gasteiger partial charge in [0, 0.05) is 19.4 Å². The zero-order valence-corrected chi connectivity index (χ0v) is 8.03. The molecule has 74 valence electrons. The van der Waals surface area contributed by atoms with E-state index in [-0.39, 0.29) is 12.2 Å². The van der Waals surface area contributed by atoms with Crippen molar-refractivity contribution < 1.29 is 14.3 Å². The van der Waals surface area contributed by atoms with Gasteiger partial charge in [-0.2, -0.15) is 0 Å². The molecule has 0 unspecified atom stereocenters. The fourth-order valence-corrected chi connectivity index (χ4v) is 1.26. The van der Waals surface area contributed by atoms with Crippen molar-refractivity contribution in [2.45, 2.75) is 19.4 Å². The number of hydrogen-bond donors (Lipinski definition) is 0. The molecular weight excluding hydrogens is 170 g/mol. The van der Waals surface area contributed by atoms with E-state index in [0.29, 0.717) is 13.2 Å². The molecule has 1 heterocycles. The van der Waals surface area contributed by atoms with Gasteiger partial charge in [0.25, 0.3) is 0 Å². The average molecular weight is 185 g/mol. The predicted molar refractivity (Wildman–Crippen MR) is 48.3 cm³/mol. The highest BCUT2D eigenvalue weighted by Crippen LogP contribution is 2.10. The first-order valence-electron chi connectivity index (χ1n) is 4.42. The van der Waals surface area contributed by atoms with Crippen molar-refractivity contribution in [3.05, 3.63) is 12.3 Å². The highest BCUT2D eigenvalue weighted by Gasteiger charge is 2.17. The predicted octanol–water partition coefficient (Wildman–Crippen LogP) is 1.38. The first-order chi connectivity index (χ1) is 6.27. The van der Waals surface area contributed by atoms with Gasteiger partial charge in [-0.05, 0) is 19.4 Å². The van der Waals surface area contributed by atoms with Gasteiger partial charge in [0.1, 0.15) is 0 Å². The van der Waals surface area contributed by atoms with Crippen molar-refractivity contribution in [2.24, 2.45) is 0 Å². The van der Waals surface area contributed by atoms with Gasteiger partial charge in [0.05, 0.1) is 13.2 Å². The number of ether oxygens (including phenoxy) is 2. The summed E-state index contributed by atoms with van der Waals surface area (Å²) in [4.78, 5) is 12.6. The first-order valence-corrected chi connectivity index (χ1v) is 4.42. The van der Waals surface area contributed by atoms with Crippen LogP contribution < -0.4 is 0 Å². The summed E-state index contributed by atoms with van der Waals surface area (Å²) in [6.07, 6.45) is 4.26. The van der Waals surface area contributed by atoms with E-state index < -0.39 is 0 Å². The van der Waals surface area contributed by atoms with Gasteiger partial charge in [0.15, 0.2) is 0 Å². The normalized spacial score (nSPS) is 21.7. The third kappa shape index (κ3) is 2.73. The lowest BCUT2D eigenvalue weighted by Gasteiger charge is -2.24. The summed E-state index contributed by atoms with van der Waals surface area (Å²) >= 11 is 0. The summed E-state index contributed by atoms with van der Waals surface area (Å²) in [6, 6.07) is 0. The molecule has 1 aliphatic heterocycles. The molecule has 0 spiro atoms. The lowest BCUT2D eigenvalue weighted by molar-refractivity contribution is 0.0724. The van der Waals surface area contributed by atoms with Gasteiger partial charge in [-0.25, -0.2) is 4.79 Å². The van der Waals surface area contributed by atoms with Crippen LogP contribution in [0.25, 0.3) is 0 Å². The van der Waals surface area contributed by atoms with Crippen LogP contribution in [-0.2, 0) is 9.47 Å². The van der Waals surface area contributed by atoms with Crippen LogP contribution in [0.1, 0.15) is 13.3 Å². The molecule has 0 fully saturated rings. The van der Waals surface area contributed by atoms with E-state index in [1.165, 1.54) is 12.0 Å². The number of rotatable bonds is 2. The van der Waals surface area contributed by atoms with E-state index in [2.05, 4.69) is 4.74 Å². The molecule has 0 radical (unpaired) electrons. The molecule has 1 aliphatic rings. The lowest BCUT2D eigenvalue weighted by atomic mass is 10.2. The van der Waals surface area contributed by atoms with Crippen LogP contribution in [0.15, 0.2) is 12.3 Å². The minimum Gasteiger partial charge on any atom is -0.452 e. The Balaban J connectivity index is 2.42. The number of hydrogen-bond acceptors (Lipinski definition) is 3. The molecule has 4 heteroatoms. The largest absolute Gasteiger partial charge is 0.452 e. The zero-order chi connectivity index (χ0) is 9.68. The Morgan fingerprint density at radius 1 is 1.69 bits per heavy atom. The van der Waals surface area contributed by atoms with Gasteiger partial charge in [-0.15, -0.1) is 0 Å². The van der Waals surface area contributed by atoms with Crippen molar-refractivity contribution in [2.75, 3.05) is 20.3 Å². The summed E-state index contributed by atoms with van der Waals surface area (Å²) in [7, 11) is 1.38. The molecule has 0 N–H and O–H groups in total. The molecule has 1 atom stereocenters.